The molecule has 0 spiro atoms. The van der Waals surface area contributed by atoms with Crippen LogP contribution in [-0.4, -0.2) is 5.90 Å². The van der Waals surface area contributed by atoms with E-state index in [1.165, 1.54) is 16.3 Å². The molecule has 0 saturated heterocycles. The lowest BCUT2D eigenvalue weighted by Gasteiger charge is -2.26. The molecule has 4 aromatic carbocycles. The Labute approximate surface area is 169 Å². The third kappa shape index (κ3) is 2.96. The molecule has 2 nitrogen and oxygen atoms in total. The summed E-state index contributed by atoms with van der Waals surface area (Å²) in [6.07, 6.45) is 0. The van der Waals surface area contributed by atoms with Crippen molar-refractivity contribution in [2.24, 2.45) is 4.99 Å². The Morgan fingerprint density at radius 1 is 0.821 bits per heavy atom. The predicted octanol–water partition coefficient (Wildman–Crippen LogP) is 6.73. The number of hydrogen-bond donors (Lipinski definition) is 0. The molecule has 1 unspecified atom stereocenters. The summed E-state index contributed by atoms with van der Waals surface area (Å²) >= 11 is 6.06. The maximum Gasteiger partial charge on any atom is 0.222 e. The lowest BCUT2D eigenvalue weighted by atomic mass is 9.92. The maximum absolute atomic E-state index is 6.25. The van der Waals surface area contributed by atoms with Crippen LogP contribution < -0.4 is 4.74 Å². The van der Waals surface area contributed by atoms with Crippen LogP contribution >= 0.6 is 11.6 Å². The number of aliphatic imine (C=N–C) groups is 1. The van der Waals surface area contributed by atoms with Crippen molar-refractivity contribution in [3.05, 3.63) is 112 Å². The van der Waals surface area contributed by atoms with Gasteiger partial charge in [-0.05, 0) is 53.6 Å². The van der Waals surface area contributed by atoms with Gasteiger partial charge in [0.1, 0.15) is 11.8 Å². The summed E-state index contributed by atoms with van der Waals surface area (Å²) in [5.74, 6) is 1.47. The molecule has 0 fully saturated rings. The molecule has 5 rings (SSSR count). The molecule has 1 aliphatic rings. The van der Waals surface area contributed by atoms with E-state index in [1.807, 2.05) is 30.3 Å². The fourth-order valence-electron chi connectivity index (χ4n) is 3.67. The molecular weight excluding hydrogens is 366 g/mol. The minimum atomic E-state index is -0.124. The van der Waals surface area contributed by atoms with Crippen LogP contribution in [0.2, 0.25) is 5.02 Å². The van der Waals surface area contributed by atoms with E-state index in [1.54, 1.807) is 0 Å². The number of fused-ring (bicyclic) bond motifs is 3. The van der Waals surface area contributed by atoms with E-state index in [0.29, 0.717) is 10.9 Å². The monoisotopic (exact) mass is 383 g/mol. The molecule has 1 heterocycles. The van der Waals surface area contributed by atoms with Gasteiger partial charge in [0.2, 0.25) is 5.90 Å². The van der Waals surface area contributed by atoms with Gasteiger partial charge in [-0.3, -0.25) is 0 Å². The van der Waals surface area contributed by atoms with Gasteiger partial charge in [-0.2, -0.15) is 0 Å². The van der Waals surface area contributed by atoms with Crippen LogP contribution in [0.1, 0.15) is 28.3 Å². The van der Waals surface area contributed by atoms with Crippen molar-refractivity contribution >= 4 is 28.3 Å². The van der Waals surface area contributed by atoms with Crippen LogP contribution in [0.3, 0.4) is 0 Å². The molecule has 1 atom stereocenters. The Balaban J connectivity index is 1.73. The zero-order valence-corrected chi connectivity index (χ0v) is 16.1. The first-order chi connectivity index (χ1) is 13.7. The standard InChI is InChI=1S/C25H18ClNO/c1-16-6-8-18(9-7-16)24-23-21-5-3-2-4-17(21)12-15-22(23)28-25(27-24)19-10-13-20(26)14-11-19/h2-15,24H,1H3. The summed E-state index contributed by atoms with van der Waals surface area (Å²) in [7, 11) is 0. The van der Waals surface area contributed by atoms with E-state index in [2.05, 4.69) is 61.5 Å². The van der Waals surface area contributed by atoms with Gasteiger partial charge in [0.05, 0.1) is 0 Å². The topological polar surface area (TPSA) is 21.6 Å². The lowest BCUT2D eigenvalue weighted by Crippen LogP contribution is -2.19. The van der Waals surface area contributed by atoms with E-state index in [-0.39, 0.29) is 6.04 Å². The van der Waals surface area contributed by atoms with Gasteiger partial charge < -0.3 is 4.74 Å². The fourth-order valence-corrected chi connectivity index (χ4v) is 3.80. The zero-order valence-electron chi connectivity index (χ0n) is 15.4. The normalized spacial score (nSPS) is 15.6. The second-order valence-electron chi connectivity index (χ2n) is 7.05. The van der Waals surface area contributed by atoms with Gasteiger partial charge in [-0.1, -0.05) is 71.8 Å². The Morgan fingerprint density at radius 3 is 2.36 bits per heavy atom. The highest BCUT2D eigenvalue weighted by Gasteiger charge is 2.27. The summed E-state index contributed by atoms with van der Waals surface area (Å²) in [5, 5.41) is 3.05. The fraction of sp³-hybridized carbons (Fsp3) is 0.0800. The number of nitrogens with zero attached hydrogens (tertiary/aromatic N) is 1. The molecule has 0 aromatic heterocycles. The first-order valence-electron chi connectivity index (χ1n) is 9.29. The second kappa shape index (κ2) is 6.81. The maximum atomic E-state index is 6.25. The van der Waals surface area contributed by atoms with Crippen LogP contribution in [0.4, 0.5) is 0 Å². The average molecular weight is 384 g/mol. The van der Waals surface area contributed by atoms with Crippen LogP contribution in [-0.2, 0) is 0 Å². The highest BCUT2D eigenvalue weighted by atomic mass is 35.5. The second-order valence-corrected chi connectivity index (χ2v) is 7.49. The van der Waals surface area contributed by atoms with Crippen molar-refractivity contribution in [3.8, 4) is 5.75 Å². The molecule has 4 aromatic rings. The van der Waals surface area contributed by atoms with Crippen molar-refractivity contribution in [2.45, 2.75) is 13.0 Å². The van der Waals surface area contributed by atoms with E-state index in [4.69, 9.17) is 21.3 Å². The molecule has 3 heteroatoms. The Kier molecular flexibility index (Phi) is 4.14. The smallest absolute Gasteiger partial charge is 0.222 e. The lowest BCUT2D eigenvalue weighted by molar-refractivity contribution is 0.514. The van der Waals surface area contributed by atoms with Crippen LogP contribution in [0, 0.1) is 6.92 Å². The van der Waals surface area contributed by atoms with E-state index < -0.39 is 0 Å². The molecule has 0 saturated carbocycles. The van der Waals surface area contributed by atoms with Crippen molar-refractivity contribution < 1.29 is 4.74 Å². The van der Waals surface area contributed by atoms with Gasteiger partial charge in [-0.15, -0.1) is 0 Å². The van der Waals surface area contributed by atoms with Gasteiger partial charge in [-0.25, -0.2) is 4.99 Å². The predicted molar refractivity (Wildman–Crippen MR) is 116 cm³/mol. The summed E-state index contributed by atoms with van der Waals surface area (Å²) in [4.78, 5) is 5.02. The summed E-state index contributed by atoms with van der Waals surface area (Å²) < 4.78 is 6.25. The average Bonchev–Trinajstić information content (AvgIpc) is 2.74. The Hall–Kier alpha value is -3.10. The molecule has 0 bridgehead atoms. The van der Waals surface area contributed by atoms with Crippen molar-refractivity contribution in [1.29, 1.82) is 0 Å². The van der Waals surface area contributed by atoms with E-state index in [0.717, 1.165) is 22.4 Å². The minimum absolute atomic E-state index is 0.124. The van der Waals surface area contributed by atoms with Crippen LogP contribution in [0.25, 0.3) is 10.8 Å². The highest BCUT2D eigenvalue weighted by molar-refractivity contribution is 6.30. The SMILES string of the molecule is Cc1ccc(C2N=C(c3ccc(Cl)cc3)Oc3ccc4ccccc4c32)cc1. The van der Waals surface area contributed by atoms with Gasteiger partial charge in [0.15, 0.2) is 0 Å². The summed E-state index contributed by atoms with van der Waals surface area (Å²) in [6, 6.07) is 28.6. The third-order valence-corrected chi connectivity index (χ3v) is 5.39. The van der Waals surface area contributed by atoms with E-state index >= 15 is 0 Å². The third-order valence-electron chi connectivity index (χ3n) is 5.14. The van der Waals surface area contributed by atoms with Crippen molar-refractivity contribution in [2.75, 3.05) is 0 Å². The molecule has 0 aliphatic carbocycles. The number of benzene rings is 4. The van der Waals surface area contributed by atoms with Crippen molar-refractivity contribution in [1.82, 2.24) is 0 Å². The Bertz CT molecular complexity index is 1190. The Morgan fingerprint density at radius 2 is 1.57 bits per heavy atom. The largest absolute Gasteiger partial charge is 0.438 e. The minimum Gasteiger partial charge on any atom is -0.438 e. The summed E-state index contributed by atoms with van der Waals surface area (Å²) in [5.41, 5.74) is 4.41. The number of halogens is 1. The molecule has 0 amide bonds. The molecule has 0 radical (unpaired) electrons. The first kappa shape index (κ1) is 17.0. The van der Waals surface area contributed by atoms with Crippen molar-refractivity contribution in [3.63, 3.8) is 0 Å². The molecule has 28 heavy (non-hydrogen) atoms. The van der Waals surface area contributed by atoms with Gasteiger partial charge in [0.25, 0.3) is 0 Å². The molecular formula is C25H18ClNO. The molecule has 136 valence electrons. The zero-order chi connectivity index (χ0) is 19.1. The first-order valence-corrected chi connectivity index (χ1v) is 9.67. The number of rotatable bonds is 2. The van der Waals surface area contributed by atoms with E-state index in [9.17, 15) is 0 Å². The highest BCUT2D eigenvalue weighted by Crippen LogP contribution is 2.42. The number of aryl methyl sites for hydroxylation is 1. The quantitative estimate of drug-likeness (QED) is 0.376. The number of hydrogen-bond acceptors (Lipinski definition) is 2. The number of ether oxygens (including phenoxy) is 1. The molecule has 0 N–H and O–H groups in total. The van der Waals surface area contributed by atoms with Gasteiger partial charge in [0, 0.05) is 16.1 Å². The van der Waals surface area contributed by atoms with Crippen LogP contribution in [0.5, 0.6) is 5.75 Å². The van der Waals surface area contributed by atoms with Gasteiger partial charge >= 0.3 is 0 Å². The van der Waals surface area contributed by atoms with Crippen LogP contribution in [0.15, 0.2) is 89.9 Å². The molecule has 1 aliphatic heterocycles. The summed E-state index contributed by atoms with van der Waals surface area (Å²) in [6.45, 7) is 2.10.